The van der Waals surface area contributed by atoms with Crippen LogP contribution in [0.5, 0.6) is 11.5 Å². The first kappa shape index (κ1) is 18.2. The summed E-state index contributed by atoms with van der Waals surface area (Å²) in [5.74, 6) is -0.0288. The number of nitrogens with one attached hydrogen (secondary N) is 1. The number of carbonyl (C=O) groups excluding carboxylic acids is 2. The lowest BCUT2D eigenvalue weighted by molar-refractivity contribution is -0.128. The molecule has 1 fully saturated rings. The van der Waals surface area contributed by atoms with E-state index in [0.717, 1.165) is 0 Å². The van der Waals surface area contributed by atoms with E-state index in [-0.39, 0.29) is 10.7 Å². The molecule has 1 aromatic rings. The number of halogens is 1. The molecular formula is C16H15BrN2O4S. The van der Waals surface area contributed by atoms with Crippen molar-refractivity contribution in [2.75, 3.05) is 20.8 Å². The molecule has 1 heterocycles. The topological polar surface area (TPSA) is 67.9 Å². The molecule has 0 unspecified atom stereocenters. The van der Waals surface area contributed by atoms with Gasteiger partial charge < -0.3 is 9.47 Å². The molecule has 1 saturated heterocycles. The van der Waals surface area contributed by atoms with Crippen LogP contribution in [0, 0.1) is 0 Å². The van der Waals surface area contributed by atoms with Gasteiger partial charge in [-0.25, -0.2) is 0 Å². The van der Waals surface area contributed by atoms with Crippen LogP contribution < -0.4 is 14.8 Å². The van der Waals surface area contributed by atoms with E-state index < -0.39 is 11.8 Å². The van der Waals surface area contributed by atoms with Gasteiger partial charge in [0.1, 0.15) is 12.2 Å². The summed E-state index contributed by atoms with van der Waals surface area (Å²) in [6, 6.07) is 3.39. The molecule has 0 saturated carbocycles. The summed E-state index contributed by atoms with van der Waals surface area (Å²) < 4.78 is 11.5. The lowest BCUT2D eigenvalue weighted by atomic mass is 10.1. The number of methoxy groups -OCH3 is 1. The predicted octanol–water partition coefficient (Wildman–Crippen LogP) is 2.28. The number of thiocarbonyl (C=S) groups is 1. The van der Waals surface area contributed by atoms with Crippen LogP contribution in [-0.4, -0.2) is 42.6 Å². The van der Waals surface area contributed by atoms with E-state index in [1.807, 2.05) is 0 Å². The quantitative estimate of drug-likeness (QED) is 0.349. The highest BCUT2D eigenvalue weighted by molar-refractivity contribution is 9.10. The number of hydrogen-bond donors (Lipinski definition) is 1. The monoisotopic (exact) mass is 410 g/mol. The van der Waals surface area contributed by atoms with Crippen molar-refractivity contribution in [3.05, 3.63) is 40.4 Å². The zero-order chi connectivity index (χ0) is 17.9. The molecule has 2 rings (SSSR count). The summed E-state index contributed by atoms with van der Waals surface area (Å²) in [6.07, 6.45) is 3.09. The Hall–Kier alpha value is -2.19. The molecule has 8 heteroatoms. The highest BCUT2D eigenvalue weighted by Crippen LogP contribution is 2.37. The van der Waals surface area contributed by atoms with Crippen molar-refractivity contribution >= 4 is 51.2 Å². The molecular weight excluding hydrogens is 396 g/mol. The highest BCUT2D eigenvalue weighted by Gasteiger charge is 2.30. The summed E-state index contributed by atoms with van der Waals surface area (Å²) in [4.78, 5) is 25.5. The minimum Gasteiger partial charge on any atom is -0.493 e. The van der Waals surface area contributed by atoms with Crippen LogP contribution in [-0.2, 0) is 9.59 Å². The Balaban J connectivity index is 2.44. The Morgan fingerprint density at radius 2 is 2.12 bits per heavy atom. The third-order valence-corrected chi connectivity index (χ3v) is 4.18. The van der Waals surface area contributed by atoms with E-state index in [1.54, 1.807) is 18.2 Å². The number of benzene rings is 1. The second kappa shape index (κ2) is 7.59. The maximum Gasteiger partial charge on any atom is 0.265 e. The van der Waals surface area contributed by atoms with E-state index in [9.17, 15) is 9.59 Å². The third-order valence-electron chi connectivity index (χ3n) is 3.21. The van der Waals surface area contributed by atoms with Crippen LogP contribution in [0.4, 0.5) is 0 Å². The molecule has 1 aliphatic heterocycles. The predicted molar refractivity (Wildman–Crippen MR) is 97.9 cm³/mol. The van der Waals surface area contributed by atoms with E-state index in [0.29, 0.717) is 28.1 Å². The Kier molecular flexibility index (Phi) is 5.74. The van der Waals surface area contributed by atoms with Crippen molar-refractivity contribution in [1.29, 1.82) is 0 Å². The zero-order valence-corrected chi connectivity index (χ0v) is 15.5. The Labute approximate surface area is 153 Å². The van der Waals surface area contributed by atoms with Crippen LogP contribution >= 0.6 is 28.1 Å². The average Bonchev–Trinajstić information content (AvgIpc) is 2.55. The normalized spacial score (nSPS) is 16.2. The molecule has 0 spiro atoms. The molecule has 24 heavy (non-hydrogen) atoms. The van der Waals surface area contributed by atoms with Gasteiger partial charge in [-0.1, -0.05) is 12.7 Å². The number of hydrogen-bond acceptors (Lipinski definition) is 5. The van der Waals surface area contributed by atoms with E-state index >= 15 is 0 Å². The van der Waals surface area contributed by atoms with Crippen LogP contribution in [0.1, 0.15) is 5.56 Å². The standard InChI is InChI=1S/C16H15BrN2O4S/c1-4-5-23-13-11(17)7-9(8-12(13)22-3)6-10-14(20)18-16(24)19(2)15(10)21/h4,6-8H,1,5H2,2-3H3,(H,18,20,24)/b10-6+. The number of carbonyl (C=O) groups is 2. The second-order valence-corrected chi connectivity index (χ2v) is 6.06. The molecule has 6 nitrogen and oxygen atoms in total. The van der Waals surface area contributed by atoms with Crippen molar-refractivity contribution in [3.8, 4) is 11.5 Å². The molecule has 0 atom stereocenters. The largest absolute Gasteiger partial charge is 0.493 e. The number of likely N-dealkylation sites (N-methyl/N-ethyl adjacent to an activating group) is 1. The summed E-state index contributed by atoms with van der Waals surface area (Å²) in [7, 11) is 3.00. The van der Waals surface area contributed by atoms with Gasteiger partial charge in [-0.05, 0) is 51.9 Å². The van der Waals surface area contributed by atoms with Crippen LogP contribution in [0.25, 0.3) is 6.08 Å². The molecule has 0 aliphatic carbocycles. The maximum atomic E-state index is 12.2. The first-order chi connectivity index (χ1) is 11.4. The Morgan fingerprint density at radius 1 is 1.42 bits per heavy atom. The van der Waals surface area contributed by atoms with Gasteiger partial charge in [0.15, 0.2) is 16.6 Å². The van der Waals surface area contributed by atoms with Crippen molar-refractivity contribution in [2.45, 2.75) is 0 Å². The van der Waals surface area contributed by atoms with Crippen molar-refractivity contribution in [3.63, 3.8) is 0 Å². The molecule has 0 bridgehead atoms. The van der Waals surface area contributed by atoms with Crippen molar-refractivity contribution < 1.29 is 19.1 Å². The van der Waals surface area contributed by atoms with Gasteiger partial charge in [0.25, 0.3) is 11.8 Å². The summed E-state index contributed by atoms with van der Waals surface area (Å²) >= 11 is 8.31. The van der Waals surface area contributed by atoms with E-state index in [1.165, 1.54) is 25.1 Å². The van der Waals surface area contributed by atoms with Gasteiger partial charge in [0.2, 0.25) is 0 Å². The molecule has 1 N–H and O–H groups in total. The number of nitrogens with zero attached hydrogens (tertiary/aromatic N) is 1. The van der Waals surface area contributed by atoms with E-state index in [4.69, 9.17) is 21.7 Å². The molecule has 0 radical (unpaired) electrons. The summed E-state index contributed by atoms with van der Waals surface area (Å²) in [6.45, 7) is 3.92. The van der Waals surface area contributed by atoms with Gasteiger partial charge in [-0.2, -0.15) is 0 Å². The minimum absolute atomic E-state index is 0.0141. The number of amides is 2. The van der Waals surface area contributed by atoms with Crippen molar-refractivity contribution in [1.82, 2.24) is 10.2 Å². The van der Waals surface area contributed by atoms with Gasteiger partial charge in [-0.3, -0.25) is 19.8 Å². The maximum absolute atomic E-state index is 12.2. The zero-order valence-electron chi connectivity index (χ0n) is 13.1. The third kappa shape index (κ3) is 3.65. The molecule has 2 amide bonds. The summed E-state index contributed by atoms with van der Waals surface area (Å²) in [5, 5.41) is 2.54. The molecule has 1 aromatic carbocycles. The number of rotatable bonds is 5. The van der Waals surface area contributed by atoms with Gasteiger partial charge in [-0.15, -0.1) is 0 Å². The van der Waals surface area contributed by atoms with Gasteiger partial charge in [0.05, 0.1) is 11.6 Å². The van der Waals surface area contributed by atoms with Gasteiger partial charge >= 0.3 is 0 Å². The van der Waals surface area contributed by atoms with E-state index in [2.05, 4.69) is 27.8 Å². The first-order valence-corrected chi connectivity index (χ1v) is 8.05. The van der Waals surface area contributed by atoms with Crippen LogP contribution in [0.15, 0.2) is 34.8 Å². The lowest BCUT2D eigenvalue weighted by Gasteiger charge is -2.25. The first-order valence-electron chi connectivity index (χ1n) is 6.85. The SMILES string of the molecule is C=CCOc1c(Br)cc(/C=C2\C(=O)NC(=S)N(C)C2=O)cc1OC. The molecule has 0 aromatic heterocycles. The highest BCUT2D eigenvalue weighted by atomic mass is 79.9. The van der Waals surface area contributed by atoms with Crippen molar-refractivity contribution in [2.24, 2.45) is 0 Å². The minimum atomic E-state index is -0.537. The molecule has 126 valence electrons. The fourth-order valence-corrected chi connectivity index (χ4v) is 2.77. The fourth-order valence-electron chi connectivity index (χ4n) is 2.02. The Morgan fingerprint density at radius 3 is 2.75 bits per heavy atom. The second-order valence-electron chi connectivity index (χ2n) is 4.82. The lowest BCUT2D eigenvalue weighted by Crippen LogP contribution is -2.52. The number of ether oxygens (including phenoxy) is 2. The smallest absolute Gasteiger partial charge is 0.265 e. The molecule has 1 aliphatic rings. The van der Waals surface area contributed by atoms with Crippen LogP contribution in [0.2, 0.25) is 0 Å². The average molecular weight is 411 g/mol. The van der Waals surface area contributed by atoms with Gasteiger partial charge in [0, 0.05) is 7.05 Å². The Bertz CT molecular complexity index is 761. The van der Waals surface area contributed by atoms with Crippen LogP contribution in [0.3, 0.4) is 0 Å². The fraction of sp³-hybridized carbons (Fsp3) is 0.188. The summed E-state index contributed by atoms with van der Waals surface area (Å²) in [5.41, 5.74) is 0.587.